The number of amides is 1. The average molecular weight is 387 g/mol. The maximum absolute atomic E-state index is 12.8. The van der Waals surface area contributed by atoms with Gasteiger partial charge < -0.3 is 23.5 Å². The fourth-order valence-corrected chi connectivity index (χ4v) is 3.61. The topological polar surface area (TPSA) is 78.2 Å². The van der Waals surface area contributed by atoms with Gasteiger partial charge in [-0.1, -0.05) is 0 Å². The molecule has 0 bridgehead atoms. The molecule has 0 unspecified atom stereocenters. The molecule has 1 amide bonds. The molecular weight excluding hydrogens is 362 g/mol. The Labute approximate surface area is 164 Å². The summed E-state index contributed by atoms with van der Waals surface area (Å²) in [6, 6.07) is 7.01. The molecule has 1 aromatic heterocycles. The first kappa shape index (κ1) is 19.8. The van der Waals surface area contributed by atoms with E-state index in [1.807, 2.05) is 18.2 Å². The third-order valence-electron chi connectivity index (χ3n) is 4.96. The maximum atomic E-state index is 12.8. The molecular formula is C21H25NO6. The second-order valence-corrected chi connectivity index (χ2v) is 6.76. The van der Waals surface area contributed by atoms with Crippen LogP contribution < -0.4 is 9.47 Å². The number of nitrogens with zero attached hydrogens (tertiary/aromatic N) is 1. The summed E-state index contributed by atoms with van der Waals surface area (Å²) >= 11 is 0. The highest BCUT2D eigenvalue weighted by Gasteiger charge is 2.32. The normalized spacial score (nSPS) is 16.1. The van der Waals surface area contributed by atoms with Crippen LogP contribution in [0.4, 0.5) is 0 Å². The summed E-state index contributed by atoms with van der Waals surface area (Å²) in [6.07, 6.45) is 1.67. The quantitative estimate of drug-likeness (QED) is 0.707. The van der Waals surface area contributed by atoms with Crippen LogP contribution in [0.1, 0.15) is 46.3 Å². The first-order valence-electron chi connectivity index (χ1n) is 9.20. The molecule has 0 aliphatic carbocycles. The minimum atomic E-state index is -0.558. The van der Waals surface area contributed by atoms with Crippen LogP contribution in [-0.4, -0.2) is 44.1 Å². The van der Waals surface area contributed by atoms with Crippen molar-refractivity contribution >= 4 is 11.9 Å². The Morgan fingerprint density at radius 2 is 1.96 bits per heavy atom. The summed E-state index contributed by atoms with van der Waals surface area (Å²) in [7, 11) is 3.20. The number of aryl methyl sites for hydroxylation is 2. The number of benzene rings is 1. The lowest BCUT2D eigenvalue weighted by atomic mass is 10.0. The van der Waals surface area contributed by atoms with Crippen LogP contribution in [0.2, 0.25) is 0 Å². The van der Waals surface area contributed by atoms with Gasteiger partial charge in [0, 0.05) is 12.1 Å². The third-order valence-corrected chi connectivity index (χ3v) is 4.96. The molecule has 2 aromatic rings. The van der Waals surface area contributed by atoms with Gasteiger partial charge >= 0.3 is 5.97 Å². The van der Waals surface area contributed by atoms with Crippen molar-refractivity contribution in [3.8, 4) is 11.5 Å². The molecule has 3 rings (SSSR count). The van der Waals surface area contributed by atoms with E-state index in [9.17, 15) is 9.59 Å². The molecule has 0 saturated carbocycles. The van der Waals surface area contributed by atoms with Crippen molar-refractivity contribution < 1.29 is 28.2 Å². The van der Waals surface area contributed by atoms with Crippen LogP contribution in [0.25, 0.3) is 0 Å². The van der Waals surface area contributed by atoms with E-state index >= 15 is 0 Å². The molecule has 0 radical (unpaired) electrons. The van der Waals surface area contributed by atoms with Crippen molar-refractivity contribution in [2.24, 2.45) is 0 Å². The minimum absolute atomic E-state index is 0.144. The van der Waals surface area contributed by atoms with E-state index in [1.54, 1.807) is 39.0 Å². The Morgan fingerprint density at radius 3 is 2.61 bits per heavy atom. The molecule has 1 saturated heterocycles. The molecule has 0 N–H and O–H groups in total. The van der Waals surface area contributed by atoms with Crippen LogP contribution in [0.5, 0.6) is 11.5 Å². The zero-order chi connectivity index (χ0) is 20.3. The molecule has 1 aromatic carbocycles. The fourth-order valence-electron chi connectivity index (χ4n) is 3.61. The molecule has 1 aliphatic heterocycles. The summed E-state index contributed by atoms with van der Waals surface area (Å²) in [6.45, 7) is 3.73. The first-order chi connectivity index (χ1) is 13.4. The predicted molar refractivity (Wildman–Crippen MR) is 102 cm³/mol. The van der Waals surface area contributed by atoms with Crippen molar-refractivity contribution in [2.75, 3.05) is 27.4 Å². The third kappa shape index (κ3) is 3.98. The number of esters is 1. The van der Waals surface area contributed by atoms with Gasteiger partial charge in [0.15, 0.2) is 6.61 Å². The lowest BCUT2D eigenvalue weighted by Gasteiger charge is -2.26. The van der Waals surface area contributed by atoms with E-state index in [2.05, 4.69) is 0 Å². The largest absolute Gasteiger partial charge is 0.497 e. The minimum Gasteiger partial charge on any atom is -0.497 e. The number of hydrogen-bond donors (Lipinski definition) is 0. The second-order valence-electron chi connectivity index (χ2n) is 6.76. The molecule has 0 spiro atoms. The molecule has 2 heterocycles. The number of carbonyl (C=O) groups excluding carboxylic acids is 2. The molecule has 1 fully saturated rings. The van der Waals surface area contributed by atoms with Crippen LogP contribution in [0.3, 0.4) is 0 Å². The SMILES string of the molecule is COc1ccc(OC)c([C@H]2CCCN2C(=O)COC(=O)c2cc(C)oc2C)c1. The fraction of sp³-hybridized carbons (Fsp3) is 0.429. The van der Waals surface area contributed by atoms with E-state index in [0.29, 0.717) is 35.1 Å². The Balaban J connectivity index is 1.71. The zero-order valence-electron chi connectivity index (χ0n) is 16.6. The number of likely N-dealkylation sites (tertiary alicyclic amines) is 1. The molecule has 7 nitrogen and oxygen atoms in total. The molecule has 150 valence electrons. The van der Waals surface area contributed by atoms with Crippen molar-refractivity contribution in [3.05, 3.63) is 46.9 Å². The van der Waals surface area contributed by atoms with E-state index in [-0.39, 0.29) is 18.6 Å². The Bertz CT molecular complexity index is 872. The van der Waals surface area contributed by atoms with E-state index < -0.39 is 5.97 Å². The number of carbonyl (C=O) groups is 2. The van der Waals surface area contributed by atoms with Crippen LogP contribution in [0.15, 0.2) is 28.7 Å². The number of hydrogen-bond acceptors (Lipinski definition) is 6. The van der Waals surface area contributed by atoms with Gasteiger partial charge in [-0.15, -0.1) is 0 Å². The maximum Gasteiger partial charge on any atom is 0.342 e. The average Bonchev–Trinajstić information content (AvgIpc) is 3.31. The Morgan fingerprint density at radius 1 is 1.18 bits per heavy atom. The van der Waals surface area contributed by atoms with Crippen molar-refractivity contribution in [2.45, 2.75) is 32.7 Å². The van der Waals surface area contributed by atoms with Crippen LogP contribution >= 0.6 is 0 Å². The first-order valence-corrected chi connectivity index (χ1v) is 9.20. The predicted octanol–water partition coefficient (Wildman–Crippen LogP) is 3.43. The summed E-state index contributed by atoms with van der Waals surface area (Å²) in [4.78, 5) is 26.7. The Kier molecular flexibility index (Phi) is 5.92. The van der Waals surface area contributed by atoms with E-state index in [0.717, 1.165) is 18.4 Å². The zero-order valence-corrected chi connectivity index (χ0v) is 16.6. The number of furan rings is 1. The molecule has 1 atom stereocenters. The van der Waals surface area contributed by atoms with Crippen molar-refractivity contribution in [3.63, 3.8) is 0 Å². The summed E-state index contributed by atoms with van der Waals surface area (Å²) in [5.74, 6) is 1.71. The van der Waals surface area contributed by atoms with Crippen molar-refractivity contribution in [1.82, 2.24) is 4.90 Å². The number of ether oxygens (including phenoxy) is 3. The number of methoxy groups -OCH3 is 2. The second kappa shape index (κ2) is 8.37. The highest BCUT2D eigenvalue weighted by molar-refractivity contribution is 5.92. The summed E-state index contributed by atoms with van der Waals surface area (Å²) in [5.41, 5.74) is 1.23. The molecule has 1 aliphatic rings. The Hall–Kier alpha value is -2.96. The van der Waals surface area contributed by atoms with Gasteiger partial charge in [0.05, 0.1) is 20.3 Å². The summed E-state index contributed by atoms with van der Waals surface area (Å²) in [5, 5.41) is 0. The summed E-state index contributed by atoms with van der Waals surface area (Å²) < 4.78 is 21.4. The van der Waals surface area contributed by atoms with Gasteiger partial charge in [-0.25, -0.2) is 4.79 Å². The van der Waals surface area contributed by atoms with Crippen LogP contribution in [0, 0.1) is 13.8 Å². The lowest BCUT2D eigenvalue weighted by Crippen LogP contribution is -2.34. The highest BCUT2D eigenvalue weighted by atomic mass is 16.5. The molecule has 28 heavy (non-hydrogen) atoms. The van der Waals surface area contributed by atoms with E-state index in [1.165, 1.54) is 0 Å². The van der Waals surface area contributed by atoms with Crippen molar-refractivity contribution in [1.29, 1.82) is 0 Å². The van der Waals surface area contributed by atoms with Gasteiger partial charge in [-0.05, 0) is 51.0 Å². The molecule has 7 heteroatoms. The van der Waals surface area contributed by atoms with Gasteiger partial charge in [0.25, 0.3) is 5.91 Å². The van der Waals surface area contributed by atoms with Gasteiger partial charge in [0.2, 0.25) is 0 Å². The lowest BCUT2D eigenvalue weighted by molar-refractivity contribution is -0.135. The van der Waals surface area contributed by atoms with E-state index in [4.69, 9.17) is 18.6 Å². The number of rotatable bonds is 6. The van der Waals surface area contributed by atoms with Gasteiger partial charge in [-0.2, -0.15) is 0 Å². The van der Waals surface area contributed by atoms with Gasteiger partial charge in [0.1, 0.15) is 28.6 Å². The highest BCUT2D eigenvalue weighted by Crippen LogP contribution is 2.38. The van der Waals surface area contributed by atoms with Crippen LogP contribution in [-0.2, 0) is 9.53 Å². The standard InChI is InChI=1S/C21H25NO6/c1-13-10-16(14(2)28-13)21(24)27-12-20(23)22-9-5-6-18(22)17-11-15(25-3)7-8-19(17)26-4/h7-8,10-11,18H,5-6,9,12H2,1-4H3/t18-/m1/s1. The smallest absolute Gasteiger partial charge is 0.342 e. The van der Waals surface area contributed by atoms with Gasteiger partial charge in [-0.3, -0.25) is 4.79 Å². The monoisotopic (exact) mass is 387 g/mol.